The first-order valence-electron chi connectivity index (χ1n) is 1.50. The van der Waals surface area contributed by atoms with Gasteiger partial charge in [0.15, 0.2) is 0 Å². The van der Waals surface area contributed by atoms with Gasteiger partial charge >= 0.3 is 0 Å². The third-order valence-electron chi connectivity index (χ3n) is 0. The zero-order chi connectivity index (χ0) is 3.58. The third kappa shape index (κ3) is 41.4. The van der Waals surface area contributed by atoms with Crippen LogP contribution in [-0.2, 0) is 53.8 Å². The molecule has 0 nitrogen and oxygen atoms in total. The number of hydrogen-bond donors (Lipinski definition) is 0. The second kappa shape index (κ2) is 9.92. The van der Waals surface area contributed by atoms with Crippen molar-refractivity contribution in [2.24, 2.45) is 0 Å². The number of hydrogen-bond acceptors (Lipinski definition) is 0. The first-order valence-corrected chi connectivity index (χ1v) is 1.50. The third-order valence-corrected chi connectivity index (χ3v) is 0. The van der Waals surface area contributed by atoms with E-state index in [1.165, 1.54) is 5.92 Å². The average molecular weight is 330 g/mol. The maximum Gasteiger partial charge on any atom is 0 e. The Labute approximate surface area is 79.6 Å². The quantitative estimate of drug-likeness (QED) is 0.592. The van der Waals surface area contributed by atoms with Gasteiger partial charge in [-0.2, -0.15) is 20.8 Å². The summed E-state index contributed by atoms with van der Waals surface area (Å²) in [6, 6.07) is 0. The molecule has 0 aliphatic heterocycles. The predicted octanol–water partition coefficient (Wildman–Crippen LogP) is 1.62. The second-order valence-corrected chi connectivity index (χ2v) is 1.50. The van der Waals surface area contributed by atoms with Crippen molar-refractivity contribution in [1.82, 2.24) is 0 Å². The van der Waals surface area contributed by atoms with Crippen LogP contribution in [0.4, 0.5) is 0 Å². The molecule has 0 heterocycles. The van der Waals surface area contributed by atoms with Crippen molar-refractivity contribution in [3.05, 3.63) is 5.92 Å². The summed E-state index contributed by atoms with van der Waals surface area (Å²) >= 11 is 0. The first kappa shape index (κ1) is 15.7. The van der Waals surface area contributed by atoms with Crippen molar-refractivity contribution in [1.29, 1.82) is 0 Å². The molecule has 6 heavy (non-hydrogen) atoms. The molecule has 0 aliphatic rings. The van der Waals surface area contributed by atoms with Crippen LogP contribution < -0.4 is 0 Å². The van der Waals surface area contributed by atoms with Crippen LogP contribution in [0.5, 0.6) is 0 Å². The standard InChI is InChI=1S/C4H9.W.Y/c1-4(2)3;;/h1-3H3;;/q-1;;. The van der Waals surface area contributed by atoms with Crippen molar-refractivity contribution >= 4 is 0 Å². The van der Waals surface area contributed by atoms with E-state index in [0.29, 0.717) is 0 Å². The van der Waals surface area contributed by atoms with Crippen LogP contribution in [0, 0.1) is 5.92 Å². The largest absolute Gasteiger partial charge is 0.323 e. The van der Waals surface area contributed by atoms with E-state index in [4.69, 9.17) is 0 Å². The van der Waals surface area contributed by atoms with Crippen molar-refractivity contribution in [2.45, 2.75) is 20.8 Å². The van der Waals surface area contributed by atoms with Crippen molar-refractivity contribution in [2.75, 3.05) is 0 Å². The second-order valence-electron chi connectivity index (χ2n) is 1.50. The fraction of sp³-hybridized carbons (Fsp3) is 0.750. The van der Waals surface area contributed by atoms with Crippen molar-refractivity contribution in [3.63, 3.8) is 0 Å². The minimum Gasteiger partial charge on any atom is -0.323 e. The summed E-state index contributed by atoms with van der Waals surface area (Å²) in [5.74, 6) is 1.42. The first-order chi connectivity index (χ1) is 1.73. The molecule has 0 aromatic carbocycles. The summed E-state index contributed by atoms with van der Waals surface area (Å²) in [6.07, 6.45) is 0. The molecule has 0 bridgehead atoms. The van der Waals surface area contributed by atoms with Crippen LogP contribution in [0.2, 0.25) is 0 Å². The Kier molecular flexibility index (Phi) is 25.9. The van der Waals surface area contributed by atoms with Gasteiger partial charge in [0, 0.05) is 53.8 Å². The zero-order valence-electron chi connectivity index (χ0n) is 4.49. The van der Waals surface area contributed by atoms with E-state index in [1.807, 2.05) is 0 Å². The summed E-state index contributed by atoms with van der Waals surface area (Å²) in [5, 5.41) is 0. The smallest absolute Gasteiger partial charge is 0 e. The zero-order valence-corrected chi connectivity index (χ0v) is 10.3. The van der Waals surface area contributed by atoms with E-state index >= 15 is 0 Å². The molecule has 0 aliphatic carbocycles. The Morgan fingerprint density at radius 2 is 1.00 bits per heavy atom. The van der Waals surface area contributed by atoms with Gasteiger partial charge in [-0.25, -0.2) is 0 Å². The molecule has 0 saturated heterocycles. The molecule has 0 aromatic heterocycles. The van der Waals surface area contributed by atoms with E-state index in [9.17, 15) is 0 Å². The van der Waals surface area contributed by atoms with Gasteiger partial charge in [0.1, 0.15) is 0 Å². The monoisotopic (exact) mass is 330 g/mol. The molecule has 2 heteroatoms. The van der Waals surface area contributed by atoms with Crippen molar-refractivity contribution in [3.8, 4) is 0 Å². The van der Waals surface area contributed by atoms with Crippen LogP contribution in [0.3, 0.4) is 0 Å². The van der Waals surface area contributed by atoms with E-state index < -0.39 is 0 Å². The topological polar surface area (TPSA) is 0 Å². The summed E-state index contributed by atoms with van der Waals surface area (Å²) in [6.45, 7) is 6.25. The molecule has 0 fully saturated rings. The Morgan fingerprint density at radius 3 is 1.00 bits per heavy atom. The summed E-state index contributed by atoms with van der Waals surface area (Å²) in [5.41, 5.74) is 0. The van der Waals surface area contributed by atoms with Gasteiger partial charge < -0.3 is 5.92 Å². The molecular weight excluding hydrogens is 321 g/mol. The Hall–Kier alpha value is 1.79. The predicted molar refractivity (Wildman–Crippen MR) is 20.3 cm³/mol. The number of rotatable bonds is 0. The Morgan fingerprint density at radius 1 is 1.00 bits per heavy atom. The van der Waals surface area contributed by atoms with Gasteiger partial charge in [0.2, 0.25) is 0 Å². The van der Waals surface area contributed by atoms with Gasteiger partial charge in [-0.05, 0) is 0 Å². The Bertz CT molecular complexity index is 12.3. The minimum absolute atomic E-state index is 0. The normalized spacial score (nSPS) is 6.00. The summed E-state index contributed by atoms with van der Waals surface area (Å²) in [4.78, 5) is 0. The fourth-order valence-corrected chi connectivity index (χ4v) is 0. The molecule has 1 radical (unpaired) electrons. The molecule has 0 amide bonds. The molecular formula is C4H9WY-. The van der Waals surface area contributed by atoms with Gasteiger partial charge in [-0.3, -0.25) is 0 Å². The molecule has 0 rings (SSSR count). The molecule has 0 N–H and O–H groups in total. The molecule has 0 aromatic rings. The van der Waals surface area contributed by atoms with E-state index in [0.717, 1.165) is 0 Å². The molecule has 35 valence electrons. The van der Waals surface area contributed by atoms with Crippen LogP contribution >= 0.6 is 0 Å². The van der Waals surface area contributed by atoms with Crippen LogP contribution in [0.25, 0.3) is 0 Å². The van der Waals surface area contributed by atoms with Crippen LogP contribution in [0.1, 0.15) is 20.8 Å². The van der Waals surface area contributed by atoms with Gasteiger partial charge in [-0.15, -0.1) is 0 Å². The molecule has 0 unspecified atom stereocenters. The minimum atomic E-state index is 0. The van der Waals surface area contributed by atoms with Crippen LogP contribution in [0.15, 0.2) is 0 Å². The maximum absolute atomic E-state index is 2.08. The van der Waals surface area contributed by atoms with Gasteiger partial charge in [0.25, 0.3) is 0 Å². The van der Waals surface area contributed by atoms with Gasteiger partial charge in [-0.1, -0.05) is 0 Å². The molecule has 0 spiro atoms. The maximum atomic E-state index is 2.08. The van der Waals surface area contributed by atoms with E-state index in [-0.39, 0.29) is 53.8 Å². The van der Waals surface area contributed by atoms with Gasteiger partial charge in [0.05, 0.1) is 0 Å². The average Bonchev–Trinajstić information content (AvgIpc) is 0.811. The summed E-state index contributed by atoms with van der Waals surface area (Å²) < 4.78 is 0. The fourth-order valence-electron chi connectivity index (χ4n) is 0. The molecule has 0 saturated carbocycles. The van der Waals surface area contributed by atoms with Crippen molar-refractivity contribution < 1.29 is 53.8 Å². The van der Waals surface area contributed by atoms with E-state index in [2.05, 4.69) is 20.8 Å². The van der Waals surface area contributed by atoms with Crippen LogP contribution in [-0.4, -0.2) is 0 Å². The Balaban J connectivity index is -0.0000000450. The molecule has 0 atom stereocenters. The van der Waals surface area contributed by atoms with E-state index in [1.54, 1.807) is 0 Å². The SMILES string of the molecule is C[C-](C)C.[W].[Y]. The summed E-state index contributed by atoms with van der Waals surface area (Å²) in [7, 11) is 0.